The zero-order valence-corrected chi connectivity index (χ0v) is 11.0. The van der Waals surface area contributed by atoms with Crippen LogP contribution in [0.5, 0.6) is 5.75 Å². The second-order valence-electron chi connectivity index (χ2n) is 5.09. The van der Waals surface area contributed by atoms with Gasteiger partial charge >= 0.3 is 0 Å². The molecule has 0 spiro atoms. The minimum absolute atomic E-state index is 0.259. The molecule has 1 aliphatic heterocycles. The first kappa shape index (κ1) is 13.3. The van der Waals surface area contributed by atoms with Crippen molar-refractivity contribution in [2.45, 2.75) is 32.1 Å². The Hall–Kier alpha value is -1.10. The highest BCUT2D eigenvalue weighted by molar-refractivity contribution is 5.25. The van der Waals surface area contributed by atoms with E-state index in [0.717, 1.165) is 13.0 Å². The minimum atomic E-state index is -0.449. The van der Waals surface area contributed by atoms with Crippen LogP contribution in [0.2, 0.25) is 0 Å². The average molecular weight is 251 g/mol. The third-order valence-corrected chi connectivity index (χ3v) is 3.05. The van der Waals surface area contributed by atoms with E-state index in [0.29, 0.717) is 19.0 Å². The first-order chi connectivity index (χ1) is 8.55. The lowest BCUT2D eigenvalue weighted by Gasteiger charge is -2.35. The lowest BCUT2D eigenvalue weighted by molar-refractivity contribution is -0.252. The van der Waals surface area contributed by atoms with Crippen LogP contribution in [0.3, 0.4) is 0 Å². The third-order valence-electron chi connectivity index (χ3n) is 3.05. The van der Waals surface area contributed by atoms with Crippen molar-refractivity contribution in [3.63, 3.8) is 0 Å². The molecule has 100 valence electrons. The molecule has 4 heteroatoms. The van der Waals surface area contributed by atoms with Gasteiger partial charge in [0, 0.05) is 0 Å². The average Bonchev–Trinajstić information content (AvgIpc) is 2.34. The van der Waals surface area contributed by atoms with Crippen molar-refractivity contribution in [3.8, 4) is 5.75 Å². The molecule has 0 aromatic heterocycles. The number of phenols is 1. The molecule has 18 heavy (non-hydrogen) atoms. The van der Waals surface area contributed by atoms with Crippen LogP contribution in [-0.2, 0) is 15.9 Å². The van der Waals surface area contributed by atoms with E-state index in [1.807, 2.05) is 26.0 Å². The maximum atomic E-state index is 9.19. The molecular weight excluding hydrogens is 230 g/mol. The monoisotopic (exact) mass is 251 g/mol. The molecule has 0 radical (unpaired) electrons. The van der Waals surface area contributed by atoms with Crippen LogP contribution in [0, 0.1) is 0 Å². The molecule has 0 amide bonds. The van der Waals surface area contributed by atoms with Gasteiger partial charge in [-0.2, -0.15) is 0 Å². The summed E-state index contributed by atoms with van der Waals surface area (Å²) in [5.74, 6) is -0.141. The molecule has 1 aliphatic rings. The van der Waals surface area contributed by atoms with Gasteiger partial charge in [-0.15, -0.1) is 0 Å². The highest BCUT2D eigenvalue weighted by atomic mass is 16.7. The number of benzene rings is 1. The number of ether oxygens (including phenoxy) is 2. The maximum absolute atomic E-state index is 9.19. The first-order valence-electron chi connectivity index (χ1n) is 6.34. The fraction of sp³-hybridized carbons (Fsp3) is 0.571. The van der Waals surface area contributed by atoms with Gasteiger partial charge in [0.05, 0.1) is 19.3 Å². The van der Waals surface area contributed by atoms with E-state index in [9.17, 15) is 5.11 Å². The SMILES string of the molecule is CC1(C)OCC(NCCc2ccc(O)cc2)CO1. The van der Waals surface area contributed by atoms with Gasteiger partial charge in [0.2, 0.25) is 0 Å². The molecule has 0 aliphatic carbocycles. The fourth-order valence-electron chi connectivity index (χ4n) is 1.89. The third kappa shape index (κ3) is 3.98. The molecule has 2 N–H and O–H groups in total. The number of aromatic hydroxyl groups is 1. The Morgan fingerprint density at radius 1 is 1.22 bits per heavy atom. The van der Waals surface area contributed by atoms with E-state index < -0.39 is 5.79 Å². The van der Waals surface area contributed by atoms with Crippen molar-refractivity contribution >= 4 is 0 Å². The second-order valence-corrected chi connectivity index (χ2v) is 5.09. The summed E-state index contributed by atoms with van der Waals surface area (Å²) in [5, 5.41) is 12.6. The standard InChI is InChI=1S/C14H21NO3/c1-14(2)17-9-12(10-18-14)15-8-7-11-3-5-13(16)6-4-11/h3-6,12,15-16H,7-10H2,1-2H3. The van der Waals surface area contributed by atoms with Crippen LogP contribution in [0.4, 0.5) is 0 Å². The summed E-state index contributed by atoms with van der Waals surface area (Å²) < 4.78 is 11.2. The van der Waals surface area contributed by atoms with E-state index in [1.165, 1.54) is 5.56 Å². The molecule has 0 saturated carbocycles. The van der Waals surface area contributed by atoms with Gasteiger partial charge in [0.15, 0.2) is 5.79 Å². The number of rotatable bonds is 4. The molecule has 0 unspecified atom stereocenters. The van der Waals surface area contributed by atoms with E-state index >= 15 is 0 Å². The number of nitrogens with one attached hydrogen (secondary N) is 1. The highest BCUT2D eigenvalue weighted by Gasteiger charge is 2.27. The van der Waals surface area contributed by atoms with Crippen molar-refractivity contribution in [2.75, 3.05) is 19.8 Å². The molecule has 1 aromatic carbocycles. The highest BCUT2D eigenvalue weighted by Crippen LogP contribution is 2.17. The first-order valence-corrected chi connectivity index (χ1v) is 6.34. The summed E-state index contributed by atoms with van der Waals surface area (Å²) in [6.07, 6.45) is 0.931. The fourth-order valence-corrected chi connectivity index (χ4v) is 1.89. The van der Waals surface area contributed by atoms with E-state index in [4.69, 9.17) is 9.47 Å². The molecular formula is C14H21NO3. The molecule has 0 atom stereocenters. The van der Waals surface area contributed by atoms with Crippen molar-refractivity contribution in [1.29, 1.82) is 0 Å². The number of hydrogen-bond acceptors (Lipinski definition) is 4. The Morgan fingerprint density at radius 2 is 1.83 bits per heavy atom. The largest absolute Gasteiger partial charge is 0.508 e. The van der Waals surface area contributed by atoms with Gasteiger partial charge in [0.1, 0.15) is 5.75 Å². The lowest BCUT2D eigenvalue weighted by Crippen LogP contribution is -2.48. The number of hydrogen-bond donors (Lipinski definition) is 2. The van der Waals surface area contributed by atoms with Crippen LogP contribution < -0.4 is 5.32 Å². The second kappa shape index (κ2) is 5.69. The Kier molecular flexibility index (Phi) is 4.22. The lowest BCUT2D eigenvalue weighted by atomic mass is 10.1. The zero-order chi connectivity index (χ0) is 13.0. The summed E-state index contributed by atoms with van der Waals surface area (Å²) in [4.78, 5) is 0. The molecule has 1 saturated heterocycles. The van der Waals surface area contributed by atoms with Gasteiger partial charge in [-0.1, -0.05) is 12.1 Å². The summed E-state index contributed by atoms with van der Waals surface area (Å²) in [7, 11) is 0. The van der Waals surface area contributed by atoms with Gasteiger partial charge in [-0.25, -0.2) is 0 Å². The molecule has 1 fully saturated rings. The molecule has 1 aromatic rings. The van der Waals surface area contributed by atoms with Gasteiger partial charge < -0.3 is 19.9 Å². The van der Waals surface area contributed by atoms with Crippen LogP contribution in [0.15, 0.2) is 24.3 Å². The van der Waals surface area contributed by atoms with Crippen molar-refractivity contribution < 1.29 is 14.6 Å². The van der Waals surface area contributed by atoms with Gasteiger partial charge in [-0.05, 0) is 44.5 Å². The number of phenolic OH excluding ortho intramolecular Hbond substituents is 1. The van der Waals surface area contributed by atoms with Crippen molar-refractivity contribution in [3.05, 3.63) is 29.8 Å². The van der Waals surface area contributed by atoms with Crippen LogP contribution >= 0.6 is 0 Å². The zero-order valence-electron chi connectivity index (χ0n) is 11.0. The molecule has 4 nitrogen and oxygen atoms in total. The van der Waals surface area contributed by atoms with Crippen LogP contribution in [0.25, 0.3) is 0 Å². The summed E-state index contributed by atoms with van der Waals surface area (Å²) in [6, 6.07) is 7.56. The van der Waals surface area contributed by atoms with Gasteiger partial charge in [-0.3, -0.25) is 0 Å². The Bertz CT molecular complexity index is 365. The predicted molar refractivity (Wildman–Crippen MR) is 69.6 cm³/mol. The quantitative estimate of drug-likeness (QED) is 0.855. The predicted octanol–water partition coefficient (Wildman–Crippen LogP) is 1.68. The molecule has 2 rings (SSSR count). The normalized spacial score (nSPS) is 19.9. The van der Waals surface area contributed by atoms with Crippen LogP contribution in [0.1, 0.15) is 19.4 Å². The Morgan fingerprint density at radius 3 is 2.44 bits per heavy atom. The Labute approximate surface area is 108 Å². The van der Waals surface area contributed by atoms with E-state index in [1.54, 1.807) is 12.1 Å². The maximum Gasteiger partial charge on any atom is 0.162 e. The minimum Gasteiger partial charge on any atom is -0.508 e. The molecule has 0 bridgehead atoms. The van der Waals surface area contributed by atoms with E-state index in [2.05, 4.69) is 5.32 Å². The van der Waals surface area contributed by atoms with Gasteiger partial charge in [0.25, 0.3) is 0 Å². The molecule has 1 heterocycles. The smallest absolute Gasteiger partial charge is 0.162 e. The topological polar surface area (TPSA) is 50.7 Å². The van der Waals surface area contributed by atoms with Crippen molar-refractivity contribution in [1.82, 2.24) is 5.32 Å². The summed E-state index contributed by atoms with van der Waals surface area (Å²) in [6.45, 7) is 6.10. The van der Waals surface area contributed by atoms with Crippen LogP contribution in [-0.4, -0.2) is 36.7 Å². The Balaban J connectivity index is 1.68. The van der Waals surface area contributed by atoms with Crippen molar-refractivity contribution in [2.24, 2.45) is 0 Å². The summed E-state index contributed by atoms with van der Waals surface area (Å²) >= 11 is 0. The van der Waals surface area contributed by atoms with E-state index in [-0.39, 0.29) is 6.04 Å². The summed E-state index contributed by atoms with van der Waals surface area (Å²) in [5.41, 5.74) is 1.21.